The maximum absolute atomic E-state index is 9.18. The number of nitriles is 1. The van der Waals surface area contributed by atoms with E-state index in [4.69, 9.17) is 0 Å². The molecule has 0 N–H and O–H groups in total. The number of hydrogen-bond donors (Lipinski definition) is 0. The highest BCUT2D eigenvalue weighted by Crippen LogP contribution is 2.41. The molecule has 1 aromatic rings. The number of hydrogen-bond acceptors (Lipinski definition) is 1. The highest BCUT2D eigenvalue weighted by atomic mass is 30.0. The van der Waals surface area contributed by atoms with Crippen molar-refractivity contribution in [3.05, 3.63) is 29.8 Å². The second kappa shape index (κ2) is 7.36. The van der Waals surface area contributed by atoms with Crippen LogP contribution in [0.3, 0.4) is 0 Å². The van der Waals surface area contributed by atoms with E-state index >= 15 is 0 Å². The van der Waals surface area contributed by atoms with Gasteiger partial charge in [-0.3, -0.25) is 0 Å². The molecule has 0 aliphatic rings. The lowest BCUT2D eigenvalue weighted by Crippen LogP contribution is -2.89. The van der Waals surface area contributed by atoms with Crippen molar-refractivity contribution in [2.45, 2.75) is 85.1 Å². The van der Waals surface area contributed by atoms with E-state index in [1.54, 1.807) is 5.19 Å². The summed E-state index contributed by atoms with van der Waals surface area (Å²) >= 11 is 0. The summed E-state index contributed by atoms with van der Waals surface area (Å²) < 4.78 is 0. The fraction of sp³-hybridized carbons (Fsp3) is 0.650. The van der Waals surface area contributed by atoms with E-state index < -0.39 is 43.6 Å². The van der Waals surface area contributed by atoms with E-state index in [1.807, 2.05) is 12.1 Å². The third kappa shape index (κ3) is 3.78. The molecule has 0 radical (unpaired) electrons. The van der Waals surface area contributed by atoms with Crippen molar-refractivity contribution in [1.82, 2.24) is 0 Å². The molecule has 0 aliphatic carbocycles. The average molecular weight is 466 g/mol. The normalized spacial score (nSPS) is 14.8. The Hall–Kier alpha value is 0.0113. The second-order valence-corrected chi connectivity index (χ2v) is 77.6. The van der Waals surface area contributed by atoms with Gasteiger partial charge in [0.25, 0.3) is 0 Å². The van der Waals surface area contributed by atoms with Gasteiger partial charge in [-0.25, -0.2) is 0 Å². The molecule has 152 valence electrons. The van der Waals surface area contributed by atoms with E-state index in [0.717, 1.165) is 5.56 Å². The van der Waals surface area contributed by atoms with Crippen molar-refractivity contribution in [1.29, 1.82) is 5.26 Å². The van der Waals surface area contributed by atoms with Gasteiger partial charge in [-0.05, 0) is 12.1 Å². The van der Waals surface area contributed by atoms with Crippen molar-refractivity contribution in [2.24, 2.45) is 0 Å². The zero-order chi connectivity index (χ0) is 21.7. The van der Waals surface area contributed by atoms with Crippen molar-refractivity contribution in [2.75, 3.05) is 0 Å². The summed E-state index contributed by atoms with van der Waals surface area (Å²) in [6.07, 6.45) is 0. The van der Waals surface area contributed by atoms with Gasteiger partial charge in [0, 0.05) is 36.0 Å². The van der Waals surface area contributed by atoms with Crippen LogP contribution in [0.15, 0.2) is 24.3 Å². The van der Waals surface area contributed by atoms with Gasteiger partial charge in [0.15, 0.2) is 0 Å². The van der Waals surface area contributed by atoms with Gasteiger partial charge < -0.3 is 0 Å². The first-order chi connectivity index (χ1) is 11.8. The van der Waals surface area contributed by atoms with E-state index in [0.29, 0.717) is 0 Å². The molecule has 7 heteroatoms. The van der Waals surface area contributed by atoms with Crippen LogP contribution in [0, 0.1) is 11.3 Å². The molecule has 0 amide bonds. The molecule has 0 bridgehead atoms. The minimum absolute atomic E-state index is 0.793. The summed E-state index contributed by atoms with van der Waals surface area (Å²) in [7, 11) is -8.02. The first kappa shape index (κ1) is 25.0. The van der Waals surface area contributed by atoms with E-state index in [-0.39, 0.29) is 0 Å². The van der Waals surface area contributed by atoms with Gasteiger partial charge in [0.2, 0.25) is 0 Å². The van der Waals surface area contributed by atoms with Gasteiger partial charge in [-0.15, -0.1) is 0 Å². The predicted octanol–water partition coefficient (Wildman–Crippen LogP) is 6.04. The molecule has 0 heterocycles. The molecule has 27 heavy (non-hydrogen) atoms. The molecule has 0 atom stereocenters. The summed E-state index contributed by atoms with van der Waals surface area (Å²) in [5.41, 5.74) is 0.793. The Bertz CT molecular complexity index is 718. The van der Waals surface area contributed by atoms with Crippen LogP contribution in [0.25, 0.3) is 0 Å². The Balaban J connectivity index is 3.55. The minimum Gasteiger partial charge on any atom is -0.192 e. The molecule has 0 fully saturated rings. The van der Waals surface area contributed by atoms with Crippen LogP contribution in [0.4, 0.5) is 0 Å². The maximum Gasteiger partial charge on any atom is 0.0991 e. The zero-order valence-corrected chi connectivity index (χ0v) is 26.3. The Morgan fingerprint density at radius 3 is 1.26 bits per heavy atom. The maximum atomic E-state index is 9.18. The molecule has 0 saturated heterocycles. The molecule has 1 rings (SSSR count). The fourth-order valence-electron chi connectivity index (χ4n) is 4.60. The molecule has 0 unspecified atom stereocenters. The van der Waals surface area contributed by atoms with Gasteiger partial charge in [0.05, 0.1) is 19.2 Å². The lowest BCUT2D eigenvalue weighted by molar-refractivity contribution is 1.49. The molecule has 0 spiro atoms. The molecule has 1 nitrogen and oxygen atoms in total. The SMILES string of the molecule is C[Si](C)(C)[Si](C)(C)[Si](C)(C)[Si](C)(C)[Si](C)(C)[Si](C)(C)c1ccc(C#N)cc1. The van der Waals surface area contributed by atoms with Crippen molar-refractivity contribution in [3.8, 4) is 6.07 Å². The highest BCUT2D eigenvalue weighted by Gasteiger charge is 2.65. The monoisotopic (exact) mass is 465 g/mol. The zero-order valence-electron chi connectivity index (χ0n) is 20.3. The predicted molar refractivity (Wildman–Crippen MR) is 142 cm³/mol. The fourth-order valence-corrected chi connectivity index (χ4v) is 155. The minimum atomic E-state index is -1.56. The van der Waals surface area contributed by atoms with Crippen LogP contribution in [-0.2, 0) is 0 Å². The lowest BCUT2D eigenvalue weighted by Gasteiger charge is -2.61. The second-order valence-electron chi connectivity index (χ2n) is 12.1. The summed E-state index contributed by atoms with van der Waals surface area (Å²) in [5, 5.41) is 10.8. The van der Waals surface area contributed by atoms with Gasteiger partial charge in [0.1, 0.15) is 0 Å². The number of benzene rings is 1. The Morgan fingerprint density at radius 2 is 0.926 bits per heavy atom. The molecule has 1 aromatic carbocycles. The third-order valence-corrected chi connectivity index (χ3v) is 130. The van der Waals surface area contributed by atoms with Crippen molar-refractivity contribution < 1.29 is 0 Å². The van der Waals surface area contributed by atoms with Crippen LogP contribution >= 0.6 is 0 Å². The summed E-state index contributed by atoms with van der Waals surface area (Å²) in [5.74, 6) is 0. The largest absolute Gasteiger partial charge is 0.192 e. The summed E-state index contributed by atoms with van der Waals surface area (Å²) in [6, 6.07) is 11.0. The van der Waals surface area contributed by atoms with Crippen LogP contribution < -0.4 is 5.19 Å². The summed E-state index contributed by atoms with van der Waals surface area (Å²) in [6.45, 7) is 35.5. The molecule has 0 saturated carbocycles. The van der Waals surface area contributed by atoms with Crippen LogP contribution in [0.2, 0.25) is 85.1 Å². The van der Waals surface area contributed by atoms with Crippen molar-refractivity contribution in [3.63, 3.8) is 0 Å². The Morgan fingerprint density at radius 1 is 0.556 bits per heavy atom. The molecular formula is C20H43NSi6. The van der Waals surface area contributed by atoms with Gasteiger partial charge >= 0.3 is 0 Å². The van der Waals surface area contributed by atoms with E-state index in [1.165, 1.54) is 0 Å². The standard InChI is InChI=1S/C20H43NSi6/c1-22(2,3)24(6,7)26(10,11)27(12,13)25(8,9)23(4,5)20-16-14-19(18-21)15-17-20/h14-17H,1-13H3. The summed E-state index contributed by atoms with van der Waals surface area (Å²) in [4.78, 5) is 0. The molecular weight excluding hydrogens is 423 g/mol. The first-order valence-electron chi connectivity index (χ1n) is 10.3. The van der Waals surface area contributed by atoms with E-state index in [9.17, 15) is 5.26 Å². The molecule has 0 aromatic heterocycles. The lowest BCUT2D eigenvalue weighted by atomic mass is 10.2. The highest BCUT2D eigenvalue weighted by molar-refractivity contribution is 7.97. The number of rotatable bonds is 6. The first-order valence-corrected chi connectivity index (χ1v) is 33.8. The molecule has 0 aliphatic heterocycles. The topological polar surface area (TPSA) is 23.8 Å². The smallest absolute Gasteiger partial charge is 0.0991 e. The van der Waals surface area contributed by atoms with Gasteiger partial charge in [-0.1, -0.05) is 102 Å². The van der Waals surface area contributed by atoms with Crippen LogP contribution in [0.1, 0.15) is 5.56 Å². The van der Waals surface area contributed by atoms with Crippen molar-refractivity contribution >= 4 is 48.8 Å². The quantitative estimate of drug-likeness (QED) is 0.470. The van der Waals surface area contributed by atoms with E-state index in [2.05, 4.69) is 103 Å². The van der Waals surface area contributed by atoms with Gasteiger partial charge in [-0.2, -0.15) is 5.26 Å². The van der Waals surface area contributed by atoms with Crippen LogP contribution in [-0.4, -0.2) is 43.6 Å². The average Bonchev–Trinajstić information content (AvgIpc) is 2.53. The number of nitrogens with zero attached hydrogens (tertiary/aromatic N) is 1. The third-order valence-electron chi connectivity index (χ3n) is 9.86. The Kier molecular flexibility index (Phi) is 6.83. The van der Waals surface area contributed by atoms with Crippen LogP contribution in [0.5, 0.6) is 0 Å². The Labute approximate surface area is 174 Å².